The highest BCUT2D eigenvalue weighted by Crippen LogP contribution is 2.34. The summed E-state index contributed by atoms with van der Waals surface area (Å²) in [6.07, 6.45) is 0. The van der Waals surface area contributed by atoms with Crippen LogP contribution in [-0.2, 0) is 9.59 Å². The Kier molecular flexibility index (Phi) is 6.26. The molecule has 0 unspecified atom stereocenters. The highest BCUT2D eigenvalue weighted by atomic mass is 35.5. The van der Waals surface area contributed by atoms with Crippen LogP contribution in [0.25, 0.3) is 33.5 Å². The molecule has 6 aromatic rings. The maximum Gasteiger partial charge on any atom is 0.232 e. The van der Waals surface area contributed by atoms with Gasteiger partial charge in [-0.05, 0) is 60.7 Å². The number of hydrogen-bond acceptors (Lipinski definition) is 8. The number of ketones is 2. The summed E-state index contributed by atoms with van der Waals surface area (Å²) in [4.78, 5) is 29.3. The minimum atomic E-state index is -0.538. The van der Waals surface area contributed by atoms with Crippen molar-refractivity contribution >= 4 is 79.6 Å². The van der Waals surface area contributed by atoms with Crippen molar-refractivity contribution in [2.75, 3.05) is 10.6 Å². The number of anilines is 2. The summed E-state index contributed by atoms with van der Waals surface area (Å²) in [7, 11) is 0. The van der Waals surface area contributed by atoms with Crippen molar-refractivity contribution in [2.45, 2.75) is 0 Å². The van der Waals surface area contributed by atoms with Crippen LogP contribution in [0.4, 0.5) is 11.4 Å². The number of nitrogens with zero attached hydrogens (tertiary/aromatic N) is 6. The molecule has 12 heteroatoms. The summed E-state index contributed by atoms with van der Waals surface area (Å²) in [5.41, 5.74) is 3.02. The number of carbonyl (C=O) groups excluding carboxylic acids is 2. The Morgan fingerprint density at radius 3 is 1.40 bits per heavy atom. The Labute approximate surface area is 247 Å². The van der Waals surface area contributed by atoms with Crippen LogP contribution in [0, 0.1) is 0 Å². The average Bonchev–Trinajstić information content (AvgIpc) is 3.61. The molecule has 0 fully saturated rings. The molecule has 4 aromatic carbocycles. The van der Waals surface area contributed by atoms with Gasteiger partial charge in [-0.2, -0.15) is 0 Å². The van der Waals surface area contributed by atoms with Gasteiger partial charge in [0.2, 0.25) is 11.6 Å². The van der Waals surface area contributed by atoms with Gasteiger partial charge in [-0.3, -0.25) is 9.59 Å². The van der Waals surface area contributed by atoms with Crippen LogP contribution >= 0.6 is 23.2 Å². The van der Waals surface area contributed by atoms with Crippen molar-refractivity contribution in [2.24, 2.45) is 0 Å². The lowest BCUT2D eigenvalue weighted by Crippen LogP contribution is -2.34. The van der Waals surface area contributed by atoms with Gasteiger partial charge in [0.15, 0.2) is 0 Å². The second-order valence-electron chi connectivity index (χ2n) is 9.36. The van der Waals surface area contributed by atoms with Gasteiger partial charge < -0.3 is 10.6 Å². The van der Waals surface area contributed by atoms with Gasteiger partial charge in [-0.25, -0.2) is 9.36 Å². The Morgan fingerprint density at radius 1 is 0.548 bits per heavy atom. The van der Waals surface area contributed by atoms with E-state index >= 15 is 0 Å². The quantitative estimate of drug-likeness (QED) is 0.229. The van der Waals surface area contributed by atoms with E-state index in [9.17, 15) is 9.59 Å². The number of allylic oxidation sites excluding steroid dienone is 2. The highest BCUT2D eigenvalue weighted by molar-refractivity contribution is 6.45. The molecule has 42 heavy (non-hydrogen) atoms. The predicted octanol–water partition coefficient (Wildman–Crippen LogP) is 5.90. The molecule has 7 rings (SSSR count). The maximum absolute atomic E-state index is 14.6. The van der Waals surface area contributed by atoms with Crippen LogP contribution < -0.4 is 10.6 Å². The molecule has 0 spiro atoms. The number of aromatic nitrogens is 6. The van der Waals surface area contributed by atoms with Gasteiger partial charge in [0, 0.05) is 21.4 Å². The largest absolute Gasteiger partial charge is 0.350 e. The van der Waals surface area contributed by atoms with Crippen LogP contribution in [0.3, 0.4) is 0 Å². The van der Waals surface area contributed by atoms with Crippen LogP contribution in [0.2, 0.25) is 10.0 Å². The van der Waals surface area contributed by atoms with Gasteiger partial charge in [-0.1, -0.05) is 70.0 Å². The lowest BCUT2D eigenvalue weighted by atomic mass is 9.97. The summed E-state index contributed by atoms with van der Waals surface area (Å²) >= 11 is 12.5. The smallest absolute Gasteiger partial charge is 0.232 e. The molecule has 1 aliphatic rings. The monoisotopic (exact) mass is 592 g/mol. The highest BCUT2D eigenvalue weighted by Gasteiger charge is 2.39. The zero-order chi connectivity index (χ0) is 28.8. The fraction of sp³-hybridized carbons (Fsp3) is 0. The zero-order valence-corrected chi connectivity index (χ0v) is 23.0. The van der Waals surface area contributed by atoms with Crippen LogP contribution in [0.5, 0.6) is 0 Å². The number of halogens is 2. The van der Waals surface area contributed by atoms with Gasteiger partial charge in [0.1, 0.15) is 33.8 Å². The van der Waals surface area contributed by atoms with Crippen molar-refractivity contribution < 1.29 is 9.59 Å². The van der Waals surface area contributed by atoms with Gasteiger partial charge in [0.05, 0.1) is 11.0 Å². The van der Waals surface area contributed by atoms with E-state index in [1.54, 1.807) is 84.9 Å². The topological polar surface area (TPSA) is 120 Å². The van der Waals surface area contributed by atoms with Crippen molar-refractivity contribution in [1.29, 1.82) is 0 Å². The zero-order valence-electron chi connectivity index (χ0n) is 21.5. The molecule has 0 aliphatic heterocycles. The van der Waals surface area contributed by atoms with Crippen molar-refractivity contribution in [1.82, 2.24) is 30.0 Å². The fourth-order valence-corrected chi connectivity index (χ4v) is 5.18. The SMILES string of the molecule is O=C1C(Nc2cccc(Cl)c2)=C(n2nnc3ccccc32)C(=O)C(Nc2cccc(Cl)c2)=C1n1nnc2ccccc21. The first-order valence-corrected chi connectivity index (χ1v) is 13.5. The Morgan fingerprint density at radius 2 is 0.976 bits per heavy atom. The first-order chi connectivity index (χ1) is 20.5. The Bertz CT molecular complexity index is 1980. The number of hydrogen-bond donors (Lipinski definition) is 2. The molecule has 2 N–H and O–H groups in total. The maximum atomic E-state index is 14.6. The minimum absolute atomic E-state index is 0.0358. The van der Waals surface area contributed by atoms with E-state index in [-0.39, 0.29) is 22.8 Å². The summed E-state index contributed by atoms with van der Waals surface area (Å²) in [5.74, 6) is -1.08. The van der Waals surface area contributed by atoms with E-state index in [2.05, 4.69) is 31.3 Å². The van der Waals surface area contributed by atoms with Crippen molar-refractivity contribution in [3.05, 3.63) is 119 Å². The number of para-hydroxylation sites is 2. The van der Waals surface area contributed by atoms with Crippen LogP contribution in [0.15, 0.2) is 108 Å². The third-order valence-corrected chi connectivity index (χ3v) is 7.14. The lowest BCUT2D eigenvalue weighted by molar-refractivity contribution is -0.114. The number of rotatable bonds is 6. The normalized spacial score (nSPS) is 13.9. The van der Waals surface area contributed by atoms with Crippen molar-refractivity contribution in [3.8, 4) is 0 Å². The molecule has 0 amide bonds. The molecule has 0 atom stereocenters. The second kappa shape index (κ2) is 10.3. The molecule has 10 nitrogen and oxygen atoms in total. The van der Waals surface area contributed by atoms with Crippen molar-refractivity contribution in [3.63, 3.8) is 0 Å². The first kappa shape index (κ1) is 25.6. The standard InChI is InChI=1S/C30H18Cl2N8O2/c31-17-7-5-9-19(15-17)33-25-27(39-23-13-3-1-11-21(23)35-37-39)29(41)26(34-20-10-6-8-18(32)16-20)28(30(25)42)40-24-14-4-2-12-22(24)36-38-40/h1-16,33-34H. The van der Waals surface area contributed by atoms with Gasteiger partial charge in [0.25, 0.3) is 0 Å². The van der Waals surface area contributed by atoms with E-state index in [1.165, 1.54) is 9.36 Å². The number of benzene rings is 4. The molecule has 2 aromatic heterocycles. The summed E-state index contributed by atoms with van der Waals surface area (Å²) in [5, 5.41) is 24.1. The second-order valence-corrected chi connectivity index (χ2v) is 10.2. The van der Waals surface area contributed by atoms with Gasteiger partial charge >= 0.3 is 0 Å². The summed E-state index contributed by atoms with van der Waals surface area (Å²) in [6, 6.07) is 28.0. The molecule has 0 bridgehead atoms. The van der Waals surface area contributed by atoms with Gasteiger partial charge in [-0.15, -0.1) is 10.2 Å². The molecule has 1 aliphatic carbocycles. The van der Waals surface area contributed by atoms with E-state index in [4.69, 9.17) is 23.2 Å². The number of Topliss-reactive ketones (excluding diaryl/α,β-unsaturated/α-hetero) is 2. The molecular formula is C30H18Cl2N8O2. The van der Waals surface area contributed by atoms with Crippen LogP contribution in [0.1, 0.15) is 0 Å². The number of nitrogens with one attached hydrogen (secondary N) is 2. The summed E-state index contributed by atoms with van der Waals surface area (Å²) < 4.78 is 2.72. The third-order valence-electron chi connectivity index (χ3n) is 6.67. The average molecular weight is 593 g/mol. The van der Waals surface area contributed by atoms with E-state index < -0.39 is 11.6 Å². The number of fused-ring (bicyclic) bond motifs is 2. The summed E-state index contributed by atoms with van der Waals surface area (Å²) in [6.45, 7) is 0. The van der Waals surface area contributed by atoms with Crippen LogP contribution in [-0.4, -0.2) is 41.6 Å². The first-order valence-electron chi connectivity index (χ1n) is 12.7. The molecule has 0 radical (unpaired) electrons. The molecule has 0 saturated heterocycles. The Balaban J connectivity index is 1.50. The Hall–Kier alpha value is -5.32. The lowest BCUT2D eigenvalue weighted by Gasteiger charge is -2.25. The van der Waals surface area contributed by atoms with E-state index in [1.807, 2.05) is 12.1 Å². The van der Waals surface area contributed by atoms with E-state index in [0.29, 0.717) is 43.5 Å². The predicted molar refractivity (Wildman–Crippen MR) is 162 cm³/mol. The number of carbonyl (C=O) groups is 2. The third kappa shape index (κ3) is 4.39. The molecule has 0 saturated carbocycles. The fourth-order valence-electron chi connectivity index (χ4n) is 4.80. The molecular weight excluding hydrogens is 575 g/mol. The molecule has 204 valence electrons. The minimum Gasteiger partial charge on any atom is -0.350 e. The van der Waals surface area contributed by atoms with E-state index in [0.717, 1.165) is 0 Å². The molecule has 2 heterocycles.